The number of carbonyl (C=O) groups is 1. The van der Waals surface area contributed by atoms with Gasteiger partial charge in [0, 0.05) is 5.56 Å². The van der Waals surface area contributed by atoms with E-state index >= 15 is 0 Å². The van der Waals surface area contributed by atoms with Crippen LogP contribution in [0.25, 0.3) is 11.3 Å². The van der Waals surface area contributed by atoms with E-state index in [1.54, 1.807) is 24.3 Å². The fraction of sp³-hybridized carbons (Fsp3) is 0.214. The van der Waals surface area contributed by atoms with Crippen molar-refractivity contribution in [2.75, 3.05) is 7.11 Å². The average molecular weight is 293 g/mol. The molecule has 0 atom stereocenters. The van der Waals surface area contributed by atoms with Crippen molar-refractivity contribution in [1.82, 2.24) is 9.97 Å². The molecule has 6 heteroatoms. The normalized spacial score (nSPS) is 10.3. The van der Waals surface area contributed by atoms with E-state index in [4.69, 9.17) is 21.4 Å². The lowest BCUT2D eigenvalue weighted by molar-refractivity contribution is 0.0683. The standard InChI is InChI=1S/C14H13ClN2O3/c1-3-10-12(20-2)11(17-13(16-10)14(18)19)8-6-4-5-7-9(8)15/h4-7H,3H2,1-2H3,(H,18,19). The zero-order valence-corrected chi connectivity index (χ0v) is 11.8. The van der Waals surface area contributed by atoms with Gasteiger partial charge in [0.05, 0.1) is 17.8 Å². The van der Waals surface area contributed by atoms with Crippen LogP contribution in [0.2, 0.25) is 5.02 Å². The second kappa shape index (κ2) is 5.88. The molecule has 1 N–H and O–H groups in total. The van der Waals surface area contributed by atoms with Gasteiger partial charge in [0.1, 0.15) is 5.69 Å². The Kier molecular flexibility index (Phi) is 4.20. The molecule has 0 amide bonds. The van der Waals surface area contributed by atoms with Gasteiger partial charge in [-0.2, -0.15) is 0 Å². The molecule has 0 saturated carbocycles. The van der Waals surface area contributed by atoms with Gasteiger partial charge in [-0.3, -0.25) is 0 Å². The number of aryl methyl sites for hydroxylation is 1. The van der Waals surface area contributed by atoms with Crippen molar-refractivity contribution in [3.8, 4) is 17.0 Å². The molecule has 104 valence electrons. The molecule has 0 aliphatic rings. The van der Waals surface area contributed by atoms with E-state index in [0.29, 0.717) is 34.1 Å². The highest BCUT2D eigenvalue weighted by molar-refractivity contribution is 6.33. The van der Waals surface area contributed by atoms with Crippen molar-refractivity contribution in [3.05, 3.63) is 40.8 Å². The summed E-state index contributed by atoms with van der Waals surface area (Å²) in [5.41, 5.74) is 1.54. The van der Waals surface area contributed by atoms with E-state index in [-0.39, 0.29) is 5.82 Å². The molecule has 0 aliphatic heterocycles. The predicted molar refractivity (Wildman–Crippen MR) is 75.4 cm³/mol. The number of carboxylic acids is 1. The smallest absolute Gasteiger partial charge is 0.373 e. The van der Waals surface area contributed by atoms with Crippen molar-refractivity contribution in [1.29, 1.82) is 0 Å². The van der Waals surface area contributed by atoms with Crippen molar-refractivity contribution in [2.45, 2.75) is 13.3 Å². The Morgan fingerprint density at radius 2 is 2.05 bits per heavy atom. The van der Waals surface area contributed by atoms with E-state index in [1.807, 2.05) is 6.92 Å². The first-order valence-electron chi connectivity index (χ1n) is 6.01. The number of hydrogen-bond acceptors (Lipinski definition) is 4. The maximum atomic E-state index is 11.1. The van der Waals surface area contributed by atoms with Crippen LogP contribution in [0.1, 0.15) is 23.2 Å². The zero-order valence-electron chi connectivity index (χ0n) is 11.1. The molecule has 0 radical (unpaired) electrons. The number of nitrogens with zero attached hydrogens (tertiary/aromatic N) is 2. The molecule has 0 spiro atoms. The molecule has 1 aromatic carbocycles. The van der Waals surface area contributed by atoms with Crippen molar-refractivity contribution in [3.63, 3.8) is 0 Å². The number of halogens is 1. The minimum absolute atomic E-state index is 0.266. The summed E-state index contributed by atoms with van der Waals surface area (Å²) in [5.74, 6) is -1.00. The molecule has 0 aliphatic carbocycles. The molecule has 1 heterocycles. The molecule has 5 nitrogen and oxygen atoms in total. The van der Waals surface area contributed by atoms with Crippen LogP contribution in [0.3, 0.4) is 0 Å². The topological polar surface area (TPSA) is 72.3 Å². The summed E-state index contributed by atoms with van der Waals surface area (Å²) in [6, 6.07) is 7.07. The van der Waals surface area contributed by atoms with Gasteiger partial charge in [-0.15, -0.1) is 0 Å². The van der Waals surface area contributed by atoms with Crippen LogP contribution in [0.4, 0.5) is 0 Å². The highest BCUT2D eigenvalue weighted by atomic mass is 35.5. The molecule has 0 bridgehead atoms. The predicted octanol–water partition coefficient (Wildman–Crippen LogP) is 3.07. The van der Waals surface area contributed by atoms with Gasteiger partial charge in [-0.1, -0.05) is 36.7 Å². The molecule has 2 aromatic rings. The number of carboxylic acid groups (broad SMARTS) is 1. The Bertz CT molecular complexity index is 659. The summed E-state index contributed by atoms with van der Waals surface area (Å²) >= 11 is 6.15. The minimum Gasteiger partial charge on any atom is -0.493 e. The molecule has 2 rings (SSSR count). The van der Waals surface area contributed by atoms with Crippen molar-refractivity contribution >= 4 is 17.6 Å². The summed E-state index contributed by atoms with van der Waals surface area (Å²) in [6.45, 7) is 1.87. The Balaban J connectivity index is 2.76. The second-order valence-electron chi connectivity index (χ2n) is 4.01. The van der Waals surface area contributed by atoms with Gasteiger partial charge >= 0.3 is 5.97 Å². The Morgan fingerprint density at radius 1 is 1.35 bits per heavy atom. The van der Waals surface area contributed by atoms with Crippen LogP contribution in [-0.2, 0) is 6.42 Å². The summed E-state index contributed by atoms with van der Waals surface area (Å²) in [7, 11) is 1.50. The van der Waals surface area contributed by atoms with E-state index in [1.165, 1.54) is 7.11 Å². The molecule has 20 heavy (non-hydrogen) atoms. The maximum absolute atomic E-state index is 11.1. The number of rotatable bonds is 4. The SMILES string of the molecule is CCc1nc(C(=O)O)nc(-c2ccccc2Cl)c1OC. The Hall–Kier alpha value is -2.14. The van der Waals surface area contributed by atoms with Gasteiger partial charge in [0.25, 0.3) is 0 Å². The third kappa shape index (κ3) is 2.58. The van der Waals surface area contributed by atoms with E-state index in [2.05, 4.69) is 9.97 Å². The third-order valence-electron chi connectivity index (χ3n) is 2.80. The summed E-state index contributed by atoms with van der Waals surface area (Å²) in [6.07, 6.45) is 0.531. The number of hydrogen-bond donors (Lipinski definition) is 1. The maximum Gasteiger partial charge on any atom is 0.373 e. The van der Waals surface area contributed by atoms with Crippen LogP contribution in [0.15, 0.2) is 24.3 Å². The Morgan fingerprint density at radius 3 is 2.60 bits per heavy atom. The van der Waals surface area contributed by atoms with Gasteiger partial charge in [-0.05, 0) is 12.5 Å². The first kappa shape index (κ1) is 14.3. The molecular weight excluding hydrogens is 280 g/mol. The van der Waals surface area contributed by atoms with Gasteiger partial charge in [0.2, 0.25) is 5.82 Å². The fourth-order valence-corrected chi connectivity index (χ4v) is 2.11. The molecule has 0 saturated heterocycles. The monoisotopic (exact) mass is 292 g/mol. The van der Waals surface area contributed by atoms with Gasteiger partial charge in [0.15, 0.2) is 5.75 Å². The summed E-state index contributed by atoms with van der Waals surface area (Å²) in [5, 5.41) is 9.59. The molecular formula is C14H13ClN2O3. The average Bonchev–Trinajstić information content (AvgIpc) is 2.46. The second-order valence-corrected chi connectivity index (χ2v) is 4.42. The van der Waals surface area contributed by atoms with Crippen LogP contribution < -0.4 is 4.74 Å². The number of aromatic carboxylic acids is 1. The number of aromatic nitrogens is 2. The minimum atomic E-state index is -1.18. The molecule has 0 unspecified atom stereocenters. The first-order chi connectivity index (χ1) is 9.58. The van der Waals surface area contributed by atoms with Crippen LogP contribution in [0.5, 0.6) is 5.75 Å². The van der Waals surface area contributed by atoms with Crippen molar-refractivity contribution < 1.29 is 14.6 Å². The van der Waals surface area contributed by atoms with Crippen LogP contribution >= 0.6 is 11.6 Å². The van der Waals surface area contributed by atoms with Gasteiger partial charge in [-0.25, -0.2) is 14.8 Å². The number of ether oxygens (including phenoxy) is 1. The third-order valence-corrected chi connectivity index (χ3v) is 3.12. The van der Waals surface area contributed by atoms with Gasteiger partial charge < -0.3 is 9.84 Å². The van der Waals surface area contributed by atoms with E-state index in [9.17, 15) is 4.79 Å². The molecule has 1 aromatic heterocycles. The Labute approximate surface area is 121 Å². The highest BCUT2D eigenvalue weighted by Gasteiger charge is 2.20. The van der Waals surface area contributed by atoms with Crippen molar-refractivity contribution in [2.24, 2.45) is 0 Å². The molecule has 0 fully saturated rings. The lowest BCUT2D eigenvalue weighted by atomic mass is 10.1. The number of methoxy groups -OCH3 is 1. The van der Waals surface area contributed by atoms with Crippen LogP contribution in [-0.4, -0.2) is 28.2 Å². The summed E-state index contributed by atoms with van der Waals surface area (Å²) < 4.78 is 5.33. The summed E-state index contributed by atoms with van der Waals surface area (Å²) in [4.78, 5) is 19.2. The van der Waals surface area contributed by atoms with E-state index < -0.39 is 5.97 Å². The lowest BCUT2D eigenvalue weighted by Gasteiger charge is -2.13. The lowest BCUT2D eigenvalue weighted by Crippen LogP contribution is -2.10. The number of benzene rings is 1. The quantitative estimate of drug-likeness (QED) is 0.937. The first-order valence-corrected chi connectivity index (χ1v) is 6.39. The zero-order chi connectivity index (χ0) is 14.7. The van der Waals surface area contributed by atoms with E-state index in [0.717, 1.165) is 0 Å². The largest absolute Gasteiger partial charge is 0.493 e. The highest BCUT2D eigenvalue weighted by Crippen LogP contribution is 2.35. The fourth-order valence-electron chi connectivity index (χ4n) is 1.88. The van der Waals surface area contributed by atoms with Crippen LogP contribution in [0, 0.1) is 0 Å².